The number of aromatic nitrogens is 3. The van der Waals surface area contributed by atoms with Gasteiger partial charge in [-0.15, -0.1) is 0 Å². The third-order valence-electron chi connectivity index (χ3n) is 3.74. The van der Waals surface area contributed by atoms with Crippen molar-refractivity contribution in [1.29, 1.82) is 0 Å². The van der Waals surface area contributed by atoms with Crippen LogP contribution in [-0.2, 0) is 0 Å². The van der Waals surface area contributed by atoms with Crippen molar-refractivity contribution in [2.75, 3.05) is 7.11 Å². The normalized spacial score (nSPS) is 12.2. The van der Waals surface area contributed by atoms with Crippen molar-refractivity contribution in [3.63, 3.8) is 0 Å². The second kappa shape index (κ2) is 6.27. The van der Waals surface area contributed by atoms with Gasteiger partial charge in [0.05, 0.1) is 24.2 Å². The van der Waals surface area contributed by atoms with E-state index in [4.69, 9.17) is 4.74 Å². The van der Waals surface area contributed by atoms with E-state index in [0.29, 0.717) is 22.3 Å². The number of pyridine rings is 1. The first-order valence-electron chi connectivity index (χ1n) is 7.44. The highest BCUT2D eigenvalue weighted by Crippen LogP contribution is 2.22. The molecular weight excluding hydrogens is 311 g/mol. The van der Waals surface area contributed by atoms with Gasteiger partial charge in [0.15, 0.2) is 17.2 Å². The van der Waals surface area contributed by atoms with E-state index in [-0.39, 0.29) is 17.7 Å². The van der Waals surface area contributed by atoms with Gasteiger partial charge in [-0.05, 0) is 37.6 Å². The van der Waals surface area contributed by atoms with Gasteiger partial charge in [-0.2, -0.15) is 0 Å². The fourth-order valence-corrected chi connectivity index (χ4v) is 2.46. The highest BCUT2D eigenvalue weighted by atomic mass is 19.1. The molecular formula is C17H17FN4O2. The predicted octanol–water partition coefficient (Wildman–Crippen LogP) is 2.91. The predicted molar refractivity (Wildman–Crippen MR) is 87.5 cm³/mol. The smallest absolute Gasteiger partial charge is 0.253 e. The molecule has 0 aliphatic rings. The number of carbonyl (C=O) groups excluding carboxylic acids is 1. The number of halogens is 1. The number of hydrogen-bond donors (Lipinski definition) is 2. The third-order valence-corrected chi connectivity index (χ3v) is 3.74. The van der Waals surface area contributed by atoms with Crippen LogP contribution in [0.15, 0.2) is 30.5 Å². The van der Waals surface area contributed by atoms with Gasteiger partial charge in [0, 0.05) is 6.20 Å². The lowest BCUT2D eigenvalue weighted by Crippen LogP contribution is -2.26. The Morgan fingerprint density at radius 2 is 2.17 bits per heavy atom. The molecule has 0 bridgehead atoms. The molecule has 0 aliphatic heterocycles. The number of methoxy groups -OCH3 is 1. The van der Waals surface area contributed by atoms with Crippen LogP contribution < -0.4 is 10.1 Å². The summed E-state index contributed by atoms with van der Waals surface area (Å²) < 4.78 is 18.7. The number of nitrogens with zero attached hydrogens (tertiary/aromatic N) is 2. The van der Waals surface area contributed by atoms with Crippen molar-refractivity contribution in [1.82, 2.24) is 20.3 Å². The number of amides is 1. The Hall–Kier alpha value is -2.96. The molecule has 2 heterocycles. The van der Waals surface area contributed by atoms with Crippen LogP contribution in [0.1, 0.15) is 34.7 Å². The van der Waals surface area contributed by atoms with Crippen molar-refractivity contribution >= 4 is 17.1 Å². The summed E-state index contributed by atoms with van der Waals surface area (Å²) in [6.45, 7) is 3.60. The highest BCUT2D eigenvalue weighted by Gasteiger charge is 2.15. The fraction of sp³-hybridized carbons (Fsp3) is 0.235. The Morgan fingerprint density at radius 1 is 1.38 bits per heavy atom. The Labute approximate surface area is 138 Å². The molecule has 1 amide bonds. The Balaban J connectivity index is 1.78. The van der Waals surface area contributed by atoms with Gasteiger partial charge in [-0.3, -0.25) is 4.79 Å². The highest BCUT2D eigenvalue weighted by molar-refractivity contribution is 5.96. The van der Waals surface area contributed by atoms with E-state index in [0.717, 1.165) is 5.82 Å². The summed E-state index contributed by atoms with van der Waals surface area (Å²) in [5.74, 6) is 0.145. The number of ether oxygens (including phenoxy) is 1. The summed E-state index contributed by atoms with van der Waals surface area (Å²) in [6, 6.07) is 5.93. The average molecular weight is 328 g/mol. The van der Waals surface area contributed by atoms with E-state index >= 15 is 0 Å². The first-order chi connectivity index (χ1) is 11.5. The number of benzene rings is 1. The molecule has 0 fully saturated rings. The summed E-state index contributed by atoms with van der Waals surface area (Å²) >= 11 is 0. The molecule has 0 aliphatic carbocycles. The molecule has 2 N–H and O–H groups in total. The lowest BCUT2D eigenvalue weighted by atomic mass is 10.1. The Kier molecular flexibility index (Phi) is 4.16. The molecule has 3 rings (SSSR count). The van der Waals surface area contributed by atoms with Gasteiger partial charge >= 0.3 is 0 Å². The molecule has 0 radical (unpaired) electrons. The van der Waals surface area contributed by atoms with E-state index in [2.05, 4.69) is 20.3 Å². The molecule has 0 saturated heterocycles. The minimum atomic E-state index is -0.466. The molecule has 0 saturated carbocycles. The van der Waals surface area contributed by atoms with E-state index in [1.54, 1.807) is 19.1 Å². The van der Waals surface area contributed by atoms with Crippen LogP contribution >= 0.6 is 0 Å². The average Bonchev–Trinajstić information content (AvgIpc) is 2.93. The third kappa shape index (κ3) is 3.05. The molecule has 0 spiro atoms. The zero-order valence-electron chi connectivity index (χ0n) is 13.6. The van der Waals surface area contributed by atoms with Gasteiger partial charge in [-0.1, -0.05) is 6.07 Å². The fourth-order valence-electron chi connectivity index (χ4n) is 2.46. The number of aryl methyl sites for hydroxylation is 1. The maximum atomic E-state index is 13.8. The Morgan fingerprint density at radius 3 is 2.88 bits per heavy atom. The first-order valence-corrected chi connectivity index (χ1v) is 7.44. The van der Waals surface area contributed by atoms with Crippen LogP contribution in [0.5, 0.6) is 5.75 Å². The molecule has 6 nitrogen and oxygen atoms in total. The molecule has 2 aromatic heterocycles. The van der Waals surface area contributed by atoms with Gasteiger partial charge in [0.1, 0.15) is 5.82 Å². The van der Waals surface area contributed by atoms with Crippen molar-refractivity contribution in [3.05, 3.63) is 53.2 Å². The molecule has 3 aromatic rings. The lowest BCUT2D eigenvalue weighted by molar-refractivity contribution is 0.0939. The zero-order valence-corrected chi connectivity index (χ0v) is 13.6. The number of imidazole rings is 1. The van der Waals surface area contributed by atoms with Crippen LogP contribution in [0.3, 0.4) is 0 Å². The van der Waals surface area contributed by atoms with Crippen molar-refractivity contribution < 1.29 is 13.9 Å². The molecule has 1 aromatic carbocycles. The standard InChI is InChI=1S/C17H17FN4O2/c1-9(11-4-5-15(24-3)13(18)6-11)20-17(23)12-7-14-16(19-8-12)22-10(2)21-14/h4-9H,1-3H3,(H,20,23)(H,19,21,22). The summed E-state index contributed by atoms with van der Waals surface area (Å²) in [4.78, 5) is 23.8. The van der Waals surface area contributed by atoms with Crippen LogP contribution in [0.25, 0.3) is 11.2 Å². The first kappa shape index (κ1) is 15.9. The summed E-state index contributed by atoms with van der Waals surface area (Å²) in [5.41, 5.74) is 2.32. The largest absolute Gasteiger partial charge is 0.494 e. The number of rotatable bonds is 4. The zero-order chi connectivity index (χ0) is 17.3. The quantitative estimate of drug-likeness (QED) is 0.772. The van der Waals surface area contributed by atoms with Crippen molar-refractivity contribution in [2.24, 2.45) is 0 Å². The number of aromatic amines is 1. The maximum absolute atomic E-state index is 13.8. The maximum Gasteiger partial charge on any atom is 0.253 e. The molecule has 1 atom stereocenters. The lowest BCUT2D eigenvalue weighted by Gasteiger charge is -2.15. The number of H-pyrrole nitrogens is 1. The number of nitrogens with one attached hydrogen (secondary N) is 2. The van der Waals surface area contributed by atoms with Crippen molar-refractivity contribution in [3.8, 4) is 5.75 Å². The van der Waals surface area contributed by atoms with E-state index in [9.17, 15) is 9.18 Å². The molecule has 24 heavy (non-hydrogen) atoms. The molecule has 124 valence electrons. The monoisotopic (exact) mass is 328 g/mol. The van der Waals surface area contributed by atoms with Gasteiger partial charge in [-0.25, -0.2) is 14.4 Å². The van der Waals surface area contributed by atoms with Crippen molar-refractivity contribution in [2.45, 2.75) is 19.9 Å². The van der Waals surface area contributed by atoms with E-state index < -0.39 is 5.82 Å². The molecule has 1 unspecified atom stereocenters. The SMILES string of the molecule is COc1ccc(C(C)NC(=O)c2cnc3nc(C)[nH]c3c2)cc1F. The van der Waals surface area contributed by atoms with Gasteiger partial charge in [0.25, 0.3) is 5.91 Å². The minimum absolute atomic E-state index is 0.168. The van der Waals surface area contributed by atoms with Gasteiger partial charge in [0.2, 0.25) is 0 Å². The van der Waals surface area contributed by atoms with Crippen LogP contribution in [0, 0.1) is 12.7 Å². The van der Waals surface area contributed by atoms with Gasteiger partial charge < -0.3 is 15.0 Å². The minimum Gasteiger partial charge on any atom is -0.494 e. The van der Waals surface area contributed by atoms with E-state index in [1.165, 1.54) is 25.4 Å². The molecule has 7 heteroatoms. The summed E-state index contributed by atoms with van der Waals surface area (Å²) in [5, 5.41) is 2.83. The van der Waals surface area contributed by atoms with Crippen LogP contribution in [-0.4, -0.2) is 28.0 Å². The summed E-state index contributed by atoms with van der Waals surface area (Å²) in [6.07, 6.45) is 1.47. The number of hydrogen-bond acceptors (Lipinski definition) is 4. The number of carbonyl (C=O) groups is 1. The van der Waals surface area contributed by atoms with Crippen LogP contribution in [0.4, 0.5) is 4.39 Å². The van der Waals surface area contributed by atoms with E-state index in [1.807, 2.05) is 6.92 Å². The second-order valence-electron chi connectivity index (χ2n) is 5.51. The Bertz CT molecular complexity index is 907. The van der Waals surface area contributed by atoms with Crippen LogP contribution in [0.2, 0.25) is 0 Å². The number of fused-ring (bicyclic) bond motifs is 1. The summed E-state index contributed by atoms with van der Waals surface area (Å²) in [7, 11) is 1.41. The second-order valence-corrected chi connectivity index (χ2v) is 5.51. The topological polar surface area (TPSA) is 79.9 Å².